The van der Waals surface area contributed by atoms with Crippen LogP contribution < -0.4 is 5.32 Å². The minimum atomic E-state index is 0.465. The molecule has 0 fully saturated rings. The molecule has 0 bridgehead atoms. The highest BCUT2D eigenvalue weighted by Gasteiger charge is 2.11. The Hall–Kier alpha value is -2.56. The molecular formula is C24H25Cl2N3O. The van der Waals surface area contributed by atoms with Gasteiger partial charge < -0.3 is 9.84 Å². The number of halogens is 2. The Bertz CT molecular complexity index is 1060. The van der Waals surface area contributed by atoms with Gasteiger partial charge in [-0.15, -0.1) is 0 Å². The molecule has 0 aliphatic rings. The van der Waals surface area contributed by atoms with Gasteiger partial charge in [-0.05, 0) is 66.3 Å². The number of aryl methyl sites for hydroxylation is 1. The molecule has 4 nitrogen and oxygen atoms in total. The van der Waals surface area contributed by atoms with Crippen molar-refractivity contribution in [3.05, 3.63) is 93.6 Å². The molecule has 1 heterocycles. The van der Waals surface area contributed by atoms with E-state index in [-0.39, 0.29) is 0 Å². The molecule has 2 aromatic carbocycles. The van der Waals surface area contributed by atoms with E-state index in [1.54, 1.807) is 0 Å². The van der Waals surface area contributed by atoms with Gasteiger partial charge in [0.05, 0.1) is 12.1 Å². The zero-order valence-corrected chi connectivity index (χ0v) is 18.7. The predicted octanol–water partition coefficient (Wildman–Crippen LogP) is 6.72. The second kappa shape index (κ2) is 10.5. The van der Waals surface area contributed by atoms with Gasteiger partial charge >= 0.3 is 0 Å². The molecule has 0 aliphatic carbocycles. The van der Waals surface area contributed by atoms with Gasteiger partial charge in [-0.3, -0.25) is 0 Å². The first-order valence-corrected chi connectivity index (χ1v) is 10.7. The van der Waals surface area contributed by atoms with Crippen molar-refractivity contribution in [1.82, 2.24) is 15.5 Å². The molecule has 1 N–H and O–H groups in total. The first-order valence-electron chi connectivity index (χ1n) is 9.92. The molecular weight excluding hydrogens is 417 g/mol. The summed E-state index contributed by atoms with van der Waals surface area (Å²) < 4.78 is 5.36. The molecule has 30 heavy (non-hydrogen) atoms. The quantitative estimate of drug-likeness (QED) is 0.400. The monoisotopic (exact) mass is 441 g/mol. The fourth-order valence-corrected chi connectivity index (χ4v) is 3.62. The summed E-state index contributed by atoms with van der Waals surface area (Å²) in [5, 5.41) is 8.77. The number of aromatic nitrogens is 2. The fraction of sp³-hybridized carbons (Fsp3) is 0.250. The van der Waals surface area contributed by atoms with Gasteiger partial charge in [-0.25, -0.2) is 0 Å². The van der Waals surface area contributed by atoms with Crippen molar-refractivity contribution in [2.24, 2.45) is 0 Å². The predicted molar refractivity (Wildman–Crippen MR) is 125 cm³/mol. The Morgan fingerprint density at radius 3 is 2.73 bits per heavy atom. The van der Waals surface area contributed by atoms with E-state index >= 15 is 0 Å². The standard InChI is InChI=1S/C24H25Cl2N3O/c1-4-6-19(22-15-21(26)10-9-16(22)2)11-12-27-17(3)24-28-23(30-29-24)14-18-7-5-8-20(25)13-18/h5-10,13,15,27H,3-4,11-12,14H2,1-2H3/b19-6-. The Morgan fingerprint density at radius 1 is 1.17 bits per heavy atom. The van der Waals surface area contributed by atoms with Crippen LogP contribution in [0.5, 0.6) is 0 Å². The van der Waals surface area contributed by atoms with Crippen molar-refractivity contribution < 1.29 is 4.52 Å². The van der Waals surface area contributed by atoms with Gasteiger partial charge in [0, 0.05) is 16.6 Å². The van der Waals surface area contributed by atoms with Crippen LogP contribution in [-0.2, 0) is 6.42 Å². The Balaban J connectivity index is 1.59. The summed E-state index contributed by atoms with van der Waals surface area (Å²) in [5.41, 5.74) is 5.30. The van der Waals surface area contributed by atoms with Crippen LogP contribution in [0.15, 0.2) is 59.6 Å². The Morgan fingerprint density at radius 2 is 1.97 bits per heavy atom. The molecule has 0 unspecified atom stereocenters. The van der Waals surface area contributed by atoms with E-state index in [0.29, 0.717) is 35.4 Å². The average molecular weight is 442 g/mol. The highest BCUT2D eigenvalue weighted by molar-refractivity contribution is 6.31. The number of hydrogen-bond donors (Lipinski definition) is 1. The number of allylic oxidation sites excluding steroid dienone is 1. The number of hydrogen-bond acceptors (Lipinski definition) is 4. The molecule has 3 aromatic rings. The first kappa shape index (κ1) is 22.1. The lowest BCUT2D eigenvalue weighted by atomic mass is 9.97. The minimum Gasteiger partial charge on any atom is -0.382 e. The lowest BCUT2D eigenvalue weighted by molar-refractivity contribution is 0.382. The van der Waals surface area contributed by atoms with Gasteiger partial charge in [0.15, 0.2) is 0 Å². The van der Waals surface area contributed by atoms with Crippen molar-refractivity contribution in [3.63, 3.8) is 0 Å². The van der Waals surface area contributed by atoms with E-state index in [1.165, 1.54) is 16.7 Å². The number of benzene rings is 2. The van der Waals surface area contributed by atoms with Gasteiger partial charge in [0.25, 0.3) is 0 Å². The third-order valence-electron chi connectivity index (χ3n) is 4.71. The molecule has 1 aromatic heterocycles. The van der Waals surface area contributed by atoms with Gasteiger partial charge in [0.1, 0.15) is 0 Å². The van der Waals surface area contributed by atoms with E-state index in [1.807, 2.05) is 42.5 Å². The highest BCUT2D eigenvalue weighted by atomic mass is 35.5. The molecule has 0 aliphatic heterocycles. The summed E-state index contributed by atoms with van der Waals surface area (Å²) in [7, 11) is 0. The molecule has 0 atom stereocenters. The van der Waals surface area contributed by atoms with Crippen LogP contribution in [0.25, 0.3) is 11.3 Å². The lowest BCUT2D eigenvalue weighted by Crippen LogP contribution is -2.14. The Kier molecular flexibility index (Phi) is 7.72. The topological polar surface area (TPSA) is 51.0 Å². The van der Waals surface area contributed by atoms with Crippen LogP contribution in [0.2, 0.25) is 10.0 Å². The first-order chi connectivity index (χ1) is 14.5. The summed E-state index contributed by atoms with van der Waals surface area (Å²) in [4.78, 5) is 4.44. The van der Waals surface area contributed by atoms with Crippen LogP contribution >= 0.6 is 23.2 Å². The molecule has 6 heteroatoms. The SMILES string of the molecule is C=C(NCC/C(=C/CC)c1cc(Cl)ccc1C)c1noc(Cc2cccc(Cl)c2)n1. The van der Waals surface area contributed by atoms with E-state index in [0.717, 1.165) is 23.4 Å². The van der Waals surface area contributed by atoms with E-state index < -0.39 is 0 Å². The minimum absolute atomic E-state index is 0.465. The largest absolute Gasteiger partial charge is 0.382 e. The molecule has 0 amide bonds. The zero-order valence-electron chi connectivity index (χ0n) is 17.2. The van der Waals surface area contributed by atoms with E-state index in [4.69, 9.17) is 27.7 Å². The number of nitrogens with zero attached hydrogens (tertiary/aromatic N) is 2. The molecule has 156 valence electrons. The summed E-state index contributed by atoms with van der Waals surface area (Å²) in [6.45, 7) is 8.98. The fourth-order valence-electron chi connectivity index (χ4n) is 3.23. The van der Waals surface area contributed by atoms with Crippen LogP contribution in [0.3, 0.4) is 0 Å². The van der Waals surface area contributed by atoms with E-state index in [9.17, 15) is 0 Å². The normalized spacial score (nSPS) is 11.5. The van der Waals surface area contributed by atoms with Crippen LogP contribution in [0, 0.1) is 6.92 Å². The molecule has 0 spiro atoms. The summed E-state index contributed by atoms with van der Waals surface area (Å²) in [6.07, 6.45) is 4.56. The Labute approximate surface area is 187 Å². The number of rotatable bonds is 9. The third kappa shape index (κ3) is 5.97. The summed E-state index contributed by atoms with van der Waals surface area (Å²) in [6, 6.07) is 13.6. The maximum Gasteiger partial charge on any atom is 0.231 e. The smallest absolute Gasteiger partial charge is 0.231 e. The maximum absolute atomic E-state index is 6.20. The second-order valence-electron chi connectivity index (χ2n) is 7.07. The lowest BCUT2D eigenvalue weighted by Gasteiger charge is -2.13. The maximum atomic E-state index is 6.20. The average Bonchev–Trinajstić information content (AvgIpc) is 3.18. The summed E-state index contributed by atoms with van der Waals surface area (Å²) >= 11 is 12.2. The molecule has 0 saturated heterocycles. The van der Waals surface area contributed by atoms with Crippen molar-refractivity contribution in [2.45, 2.75) is 33.1 Å². The highest BCUT2D eigenvalue weighted by Crippen LogP contribution is 2.26. The third-order valence-corrected chi connectivity index (χ3v) is 5.18. The zero-order chi connectivity index (χ0) is 21.5. The number of nitrogens with one attached hydrogen (secondary N) is 1. The van der Waals surface area contributed by atoms with Crippen LogP contribution in [-0.4, -0.2) is 16.7 Å². The van der Waals surface area contributed by atoms with Gasteiger partial charge in [-0.1, -0.05) is 66.1 Å². The van der Waals surface area contributed by atoms with Crippen molar-refractivity contribution >= 4 is 34.5 Å². The van der Waals surface area contributed by atoms with Gasteiger partial charge in [-0.2, -0.15) is 4.98 Å². The molecule has 0 saturated carbocycles. The van der Waals surface area contributed by atoms with Crippen molar-refractivity contribution in [1.29, 1.82) is 0 Å². The van der Waals surface area contributed by atoms with E-state index in [2.05, 4.69) is 42.0 Å². The van der Waals surface area contributed by atoms with Gasteiger partial charge in [0.2, 0.25) is 11.7 Å². The van der Waals surface area contributed by atoms with Crippen LogP contribution in [0.1, 0.15) is 48.2 Å². The second-order valence-corrected chi connectivity index (χ2v) is 7.94. The van der Waals surface area contributed by atoms with Crippen molar-refractivity contribution in [2.75, 3.05) is 6.54 Å². The molecule has 3 rings (SSSR count). The van der Waals surface area contributed by atoms with Crippen molar-refractivity contribution in [3.8, 4) is 0 Å². The van der Waals surface area contributed by atoms with Crippen LogP contribution in [0.4, 0.5) is 0 Å². The summed E-state index contributed by atoms with van der Waals surface area (Å²) in [5.74, 6) is 0.989. The molecule has 0 radical (unpaired) electrons.